The van der Waals surface area contributed by atoms with Crippen LogP contribution in [0.25, 0.3) is 11.1 Å². The minimum absolute atomic E-state index is 0.103. The number of carboxylic acid groups (broad SMARTS) is 1. The van der Waals surface area contributed by atoms with E-state index >= 15 is 0 Å². The molecular weight excluding hydrogens is 444 g/mol. The second kappa shape index (κ2) is 9.62. The predicted molar refractivity (Wildman–Crippen MR) is 130 cm³/mol. The highest BCUT2D eigenvalue weighted by Crippen LogP contribution is 2.44. The number of carbonyl (C=O) groups is 3. The minimum atomic E-state index is -1.04. The molecule has 5 rings (SSSR count). The molecule has 178 valence electrons. The number of nitrogens with one attached hydrogen (secondary N) is 1. The molecule has 1 heterocycles. The van der Waals surface area contributed by atoms with E-state index in [0.717, 1.165) is 22.3 Å². The predicted octanol–water partition coefficient (Wildman–Crippen LogP) is 4.34. The summed E-state index contributed by atoms with van der Waals surface area (Å²) in [6, 6.07) is 23.0. The summed E-state index contributed by atoms with van der Waals surface area (Å²) in [6.45, 7) is 0.461. The third-order valence-electron chi connectivity index (χ3n) is 6.81. The van der Waals surface area contributed by atoms with Gasteiger partial charge in [-0.05, 0) is 40.7 Å². The van der Waals surface area contributed by atoms with Gasteiger partial charge in [-0.3, -0.25) is 4.79 Å². The average Bonchev–Trinajstić information content (AvgIpc) is 3.50. The van der Waals surface area contributed by atoms with E-state index in [1.165, 1.54) is 4.90 Å². The summed E-state index contributed by atoms with van der Waals surface area (Å²) in [5.74, 6) is -1.59. The number of aliphatic carboxylic acids is 1. The molecule has 3 aromatic rings. The number of hydrogen-bond donors (Lipinski definition) is 2. The maximum Gasteiger partial charge on any atom is 0.408 e. The molecule has 1 unspecified atom stereocenters. The number of benzene rings is 3. The third kappa shape index (κ3) is 4.37. The van der Waals surface area contributed by atoms with Gasteiger partial charge < -0.3 is 20.1 Å². The lowest BCUT2D eigenvalue weighted by Gasteiger charge is -2.27. The second-order valence-electron chi connectivity index (χ2n) is 8.84. The van der Waals surface area contributed by atoms with Crippen LogP contribution in [0.2, 0.25) is 0 Å². The molecule has 2 amide bonds. The number of fused-ring (bicyclic) bond motifs is 3. The Morgan fingerprint density at radius 3 is 2.14 bits per heavy atom. The number of rotatable bonds is 6. The van der Waals surface area contributed by atoms with E-state index in [-0.39, 0.29) is 12.5 Å². The molecule has 2 N–H and O–H groups in total. The molecule has 0 saturated carbocycles. The quantitative estimate of drug-likeness (QED) is 0.559. The van der Waals surface area contributed by atoms with Crippen LogP contribution in [-0.2, 0) is 14.3 Å². The summed E-state index contributed by atoms with van der Waals surface area (Å²) in [4.78, 5) is 39.3. The lowest BCUT2D eigenvalue weighted by Crippen LogP contribution is -2.47. The monoisotopic (exact) mass is 470 g/mol. The Balaban J connectivity index is 1.33. The van der Waals surface area contributed by atoms with E-state index in [9.17, 15) is 19.5 Å². The van der Waals surface area contributed by atoms with E-state index in [4.69, 9.17) is 4.74 Å². The second-order valence-corrected chi connectivity index (χ2v) is 8.84. The zero-order valence-corrected chi connectivity index (χ0v) is 19.1. The Morgan fingerprint density at radius 1 is 0.914 bits per heavy atom. The van der Waals surface area contributed by atoms with Crippen molar-refractivity contribution in [2.24, 2.45) is 0 Å². The maximum absolute atomic E-state index is 13.4. The van der Waals surface area contributed by atoms with Crippen molar-refractivity contribution in [3.05, 3.63) is 95.6 Å². The van der Waals surface area contributed by atoms with Gasteiger partial charge in [0, 0.05) is 12.5 Å². The topological polar surface area (TPSA) is 95.9 Å². The van der Waals surface area contributed by atoms with E-state index in [2.05, 4.69) is 17.4 Å². The first kappa shape index (κ1) is 22.7. The largest absolute Gasteiger partial charge is 0.480 e. The molecule has 3 aromatic carbocycles. The van der Waals surface area contributed by atoms with Gasteiger partial charge in [0.2, 0.25) is 0 Å². The average molecular weight is 471 g/mol. The van der Waals surface area contributed by atoms with Crippen LogP contribution in [0.15, 0.2) is 78.9 Å². The van der Waals surface area contributed by atoms with Crippen molar-refractivity contribution in [2.45, 2.75) is 30.8 Å². The van der Waals surface area contributed by atoms with Crippen molar-refractivity contribution in [2.75, 3.05) is 13.2 Å². The van der Waals surface area contributed by atoms with Crippen LogP contribution in [0, 0.1) is 0 Å². The molecule has 35 heavy (non-hydrogen) atoms. The molecule has 0 radical (unpaired) electrons. The van der Waals surface area contributed by atoms with Gasteiger partial charge in [0.05, 0.1) is 0 Å². The van der Waals surface area contributed by atoms with Gasteiger partial charge in [-0.15, -0.1) is 0 Å². The molecule has 0 spiro atoms. The summed E-state index contributed by atoms with van der Waals surface area (Å²) in [5, 5.41) is 12.2. The van der Waals surface area contributed by atoms with Crippen LogP contribution < -0.4 is 5.32 Å². The van der Waals surface area contributed by atoms with Crippen LogP contribution in [0.3, 0.4) is 0 Å². The third-order valence-corrected chi connectivity index (χ3v) is 6.81. The molecule has 1 fully saturated rings. The molecule has 7 nitrogen and oxygen atoms in total. The number of likely N-dealkylation sites (tertiary alicyclic amines) is 1. The fourth-order valence-electron chi connectivity index (χ4n) is 5.14. The summed E-state index contributed by atoms with van der Waals surface area (Å²) in [5.41, 5.74) is 5.02. The number of carbonyl (C=O) groups excluding carboxylic acids is 2. The Hall–Kier alpha value is -4.13. The molecule has 2 atom stereocenters. The standard InChI is InChI=1S/C28H26N2O5/c31-26(30-16-8-15-24(30)27(32)33)25(18-9-2-1-3-10-18)29-28(34)35-17-23-21-13-6-4-11-19(21)20-12-5-7-14-22(20)23/h1-7,9-14,23-25H,8,15-17H2,(H,29,34)(H,32,33)/t24-,25?/m1/s1. The molecule has 1 aliphatic heterocycles. The number of carboxylic acids is 1. The van der Waals surface area contributed by atoms with E-state index < -0.39 is 30.1 Å². The van der Waals surface area contributed by atoms with Crippen molar-refractivity contribution in [1.29, 1.82) is 0 Å². The highest BCUT2D eigenvalue weighted by Gasteiger charge is 2.38. The Bertz CT molecular complexity index is 1210. The minimum Gasteiger partial charge on any atom is -0.480 e. The normalized spacial score (nSPS) is 17.4. The van der Waals surface area contributed by atoms with E-state index in [0.29, 0.717) is 24.9 Å². The highest BCUT2D eigenvalue weighted by atomic mass is 16.5. The maximum atomic E-state index is 13.4. The number of alkyl carbamates (subject to hydrolysis) is 1. The van der Waals surface area contributed by atoms with Crippen molar-refractivity contribution in [3.8, 4) is 11.1 Å². The van der Waals surface area contributed by atoms with Crippen LogP contribution in [0.4, 0.5) is 4.79 Å². The number of hydrogen-bond acceptors (Lipinski definition) is 4. The zero-order valence-electron chi connectivity index (χ0n) is 19.1. The lowest BCUT2D eigenvalue weighted by molar-refractivity contribution is -0.149. The van der Waals surface area contributed by atoms with Gasteiger partial charge in [-0.25, -0.2) is 9.59 Å². The Labute approximate surface area is 203 Å². The van der Waals surface area contributed by atoms with Crippen LogP contribution in [-0.4, -0.2) is 47.2 Å². The summed E-state index contributed by atoms with van der Waals surface area (Å²) in [7, 11) is 0. The SMILES string of the molecule is O=C(NC(C(=O)N1CCC[C@@H]1C(=O)O)c1ccccc1)OCC1c2ccccc2-c2ccccc21. The van der Waals surface area contributed by atoms with Crippen molar-refractivity contribution >= 4 is 18.0 Å². The molecule has 1 aliphatic carbocycles. The highest BCUT2D eigenvalue weighted by molar-refractivity contribution is 5.90. The van der Waals surface area contributed by atoms with Gasteiger partial charge in [0.15, 0.2) is 0 Å². The van der Waals surface area contributed by atoms with Crippen LogP contribution in [0.5, 0.6) is 0 Å². The first-order valence-corrected chi connectivity index (χ1v) is 11.7. The van der Waals surface area contributed by atoms with Crippen molar-refractivity contribution < 1.29 is 24.2 Å². The Kier molecular flexibility index (Phi) is 6.23. The zero-order chi connectivity index (χ0) is 24.4. The molecule has 7 heteroatoms. The summed E-state index contributed by atoms with van der Waals surface area (Å²) < 4.78 is 5.64. The first-order chi connectivity index (χ1) is 17.0. The van der Waals surface area contributed by atoms with Gasteiger partial charge >= 0.3 is 12.1 Å². The molecular formula is C28H26N2O5. The number of nitrogens with zero attached hydrogens (tertiary/aromatic N) is 1. The molecule has 1 saturated heterocycles. The van der Waals surface area contributed by atoms with E-state index in [1.807, 2.05) is 42.5 Å². The van der Waals surface area contributed by atoms with Gasteiger partial charge in [-0.1, -0.05) is 78.9 Å². The first-order valence-electron chi connectivity index (χ1n) is 11.7. The number of amides is 2. The fourth-order valence-corrected chi connectivity index (χ4v) is 5.14. The molecule has 2 aliphatic rings. The van der Waals surface area contributed by atoms with Crippen molar-refractivity contribution in [3.63, 3.8) is 0 Å². The summed E-state index contributed by atoms with van der Waals surface area (Å²) in [6.07, 6.45) is 0.281. The molecule has 0 aromatic heterocycles. The van der Waals surface area contributed by atoms with Gasteiger partial charge in [0.25, 0.3) is 5.91 Å². The Morgan fingerprint density at radius 2 is 1.51 bits per heavy atom. The molecule has 0 bridgehead atoms. The van der Waals surface area contributed by atoms with Crippen LogP contribution >= 0.6 is 0 Å². The lowest BCUT2D eigenvalue weighted by atomic mass is 9.98. The van der Waals surface area contributed by atoms with Crippen molar-refractivity contribution in [1.82, 2.24) is 10.2 Å². The van der Waals surface area contributed by atoms with E-state index in [1.54, 1.807) is 24.3 Å². The smallest absolute Gasteiger partial charge is 0.408 e. The van der Waals surface area contributed by atoms with Gasteiger partial charge in [0.1, 0.15) is 18.7 Å². The van der Waals surface area contributed by atoms with Gasteiger partial charge in [-0.2, -0.15) is 0 Å². The summed E-state index contributed by atoms with van der Waals surface area (Å²) >= 11 is 0. The number of ether oxygens (including phenoxy) is 1. The van der Waals surface area contributed by atoms with Crippen LogP contribution in [0.1, 0.15) is 41.5 Å². The fraction of sp³-hybridized carbons (Fsp3) is 0.250.